The molecule has 0 saturated carbocycles. The van der Waals surface area contributed by atoms with E-state index in [4.69, 9.17) is 5.73 Å². The number of aryl methyl sites for hydroxylation is 1. The second-order valence-electron chi connectivity index (χ2n) is 10.0. The fourth-order valence-corrected chi connectivity index (χ4v) is 4.96. The minimum absolute atomic E-state index is 0.0104. The van der Waals surface area contributed by atoms with Gasteiger partial charge in [0, 0.05) is 19.2 Å². The largest absolute Gasteiger partial charge is 0.481 e. The fraction of sp³-hybridized carbons (Fsp3) is 0.333. The van der Waals surface area contributed by atoms with E-state index in [1.807, 2.05) is 0 Å². The summed E-state index contributed by atoms with van der Waals surface area (Å²) < 4.78 is 39.5. The lowest BCUT2D eigenvalue weighted by Gasteiger charge is -2.23. The molecule has 0 aliphatic carbocycles. The second-order valence-corrected chi connectivity index (χ2v) is 10.0. The normalized spacial score (nSPS) is 17.6. The topological polar surface area (TPSA) is 149 Å². The fourth-order valence-electron chi connectivity index (χ4n) is 4.96. The number of hydrogen-bond donors (Lipinski definition) is 3. The SMILES string of the molecule is CC(Cc1ccc([C@@]2(C)C(=O)Nc3nc(-c4nn(CCCC(F)(F)F)c5ncccc45)nc(N)c32)cc1)C(=O)O. The van der Waals surface area contributed by atoms with E-state index in [1.54, 1.807) is 50.2 Å². The smallest absolute Gasteiger partial charge is 0.389 e. The summed E-state index contributed by atoms with van der Waals surface area (Å²) in [6.07, 6.45) is -3.55. The quantitative estimate of drug-likeness (QED) is 0.292. The number of alkyl halides is 3. The Hall–Kier alpha value is -4.55. The summed E-state index contributed by atoms with van der Waals surface area (Å²) in [5.41, 5.74) is 7.69. The van der Waals surface area contributed by atoms with Gasteiger partial charge in [0.15, 0.2) is 11.5 Å². The van der Waals surface area contributed by atoms with Gasteiger partial charge in [-0.05, 0) is 43.0 Å². The number of amides is 1. The van der Waals surface area contributed by atoms with E-state index in [2.05, 4.69) is 25.4 Å². The van der Waals surface area contributed by atoms with Crippen LogP contribution in [0.1, 0.15) is 43.4 Å². The molecule has 40 heavy (non-hydrogen) atoms. The van der Waals surface area contributed by atoms with Gasteiger partial charge in [-0.3, -0.25) is 9.59 Å². The van der Waals surface area contributed by atoms with Crippen molar-refractivity contribution in [2.75, 3.05) is 11.1 Å². The molecule has 10 nitrogen and oxygen atoms in total. The third kappa shape index (κ3) is 4.82. The van der Waals surface area contributed by atoms with Gasteiger partial charge in [0.1, 0.15) is 22.7 Å². The van der Waals surface area contributed by atoms with Crippen molar-refractivity contribution in [1.82, 2.24) is 24.7 Å². The number of anilines is 2. The number of carbonyl (C=O) groups excluding carboxylic acids is 1. The standard InChI is InChI=1S/C27H26F3N7O3/c1-14(24(38)39)13-15-6-8-16(9-7-15)26(2)18-20(31)33-22(34-21(18)35-25(26)40)19-17-5-3-11-32-23(17)37(36-19)12-4-10-27(28,29)30/h3,5-9,11,14H,4,10,12-13H2,1-2H3,(H,38,39)(H3,31,33,34,35,40)/t14?,26-/m1/s1. The molecule has 1 aromatic carbocycles. The van der Waals surface area contributed by atoms with Crippen molar-refractivity contribution in [1.29, 1.82) is 0 Å². The van der Waals surface area contributed by atoms with Gasteiger partial charge in [0.2, 0.25) is 5.91 Å². The van der Waals surface area contributed by atoms with Crippen molar-refractivity contribution in [2.24, 2.45) is 5.92 Å². The molecule has 0 spiro atoms. The molecule has 4 N–H and O–H groups in total. The van der Waals surface area contributed by atoms with E-state index in [-0.39, 0.29) is 42.0 Å². The van der Waals surface area contributed by atoms with E-state index in [1.165, 1.54) is 10.9 Å². The van der Waals surface area contributed by atoms with E-state index >= 15 is 0 Å². The van der Waals surface area contributed by atoms with Gasteiger partial charge < -0.3 is 16.2 Å². The molecule has 1 aliphatic rings. The predicted molar refractivity (Wildman–Crippen MR) is 140 cm³/mol. The molecular weight excluding hydrogens is 527 g/mol. The Morgan fingerprint density at radius 1 is 1.20 bits per heavy atom. The van der Waals surface area contributed by atoms with Crippen LogP contribution in [0.25, 0.3) is 22.6 Å². The van der Waals surface area contributed by atoms with Crippen LogP contribution >= 0.6 is 0 Å². The van der Waals surface area contributed by atoms with E-state index in [0.717, 1.165) is 5.56 Å². The molecule has 13 heteroatoms. The highest BCUT2D eigenvalue weighted by molar-refractivity contribution is 6.09. The third-order valence-electron chi connectivity index (χ3n) is 7.17. The van der Waals surface area contributed by atoms with Crippen molar-refractivity contribution in [3.63, 3.8) is 0 Å². The Kier molecular flexibility index (Phi) is 6.68. The zero-order chi connectivity index (χ0) is 28.8. The zero-order valence-corrected chi connectivity index (χ0v) is 21.7. The number of carboxylic acid groups (broad SMARTS) is 1. The Labute approximate surface area is 226 Å². The molecule has 0 fully saturated rings. The Bertz CT molecular complexity index is 1620. The number of benzene rings is 1. The lowest BCUT2D eigenvalue weighted by Crippen LogP contribution is -2.33. The molecule has 5 rings (SSSR count). The van der Waals surface area contributed by atoms with Crippen molar-refractivity contribution in [3.05, 3.63) is 59.3 Å². The maximum atomic E-state index is 13.3. The molecule has 1 aliphatic heterocycles. The molecule has 3 aromatic heterocycles. The van der Waals surface area contributed by atoms with Crippen LogP contribution in [0, 0.1) is 5.92 Å². The number of pyridine rings is 1. The number of nitrogens with one attached hydrogen (secondary N) is 1. The van der Waals surface area contributed by atoms with Crippen LogP contribution in [0.3, 0.4) is 0 Å². The van der Waals surface area contributed by atoms with Gasteiger partial charge in [0.05, 0.1) is 16.9 Å². The number of aromatic nitrogens is 5. The van der Waals surface area contributed by atoms with Gasteiger partial charge in [-0.2, -0.15) is 18.3 Å². The monoisotopic (exact) mass is 553 g/mol. The Morgan fingerprint density at radius 3 is 2.60 bits per heavy atom. The minimum Gasteiger partial charge on any atom is -0.481 e. The van der Waals surface area contributed by atoms with E-state index in [9.17, 15) is 27.9 Å². The first-order valence-electron chi connectivity index (χ1n) is 12.6. The molecule has 1 unspecified atom stereocenters. The van der Waals surface area contributed by atoms with E-state index in [0.29, 0.717) is 28.6 Å². The van der Waals surface area contributed by atoms with Crippen LogP contribution < -0.4 is 11.1 Å². The number of nitrogen functional groups attached to an aromatic ring is 1. The predicted octanol–water partition coefficient (Wildman–Crippen LogP) is 4.33. The van der Waals surface area contributed by atoms with Crippen molar-refractivity contribution in [3.8, 4) is 11.5 Å². The number of carbonyl (C=O) groups is 2. The molecule has 1 amide bonds. The first-order chi connectivity index (χ1) is 18.9. The van der Waals surface area contributed by atoms with Crippen LogP contribution in [0.4, 0.5) is 24.8 Å². The van der Waals surface area contributed by atoms with Gasteiger partial charge in [0.25, 0.3) is 0 Å². The van der Waals surface area contributed by atoms with Crippen molar-refractivity contribution >= 4 is 34.5 Å². The average molecular weight is 554 g/mol. The number of nitrogens with zero attached hydrogens (tertiary/aromatic N) is 5. The lowest BCUT2D eigenvalue weighted by molar-refractivity contribution is -0.141. The minimum atomic E-state index is -4.28. The van der Waals surface area contributed by atoms with Crippen LogP contribution in [0.15, 0.2) is 42.6 Å². The molecule has 4 aromatic rings. The number of carboxylic acids is 1. The van der Waals surface area contributed by atoms with Crippen LogP contribution in [-0.4, -0.2) is 47.9 Å². The van der Waals surface area contributed by atoms with Crippen LogP contribution in [0.2, 0.25) is 0 Å². The van der Waals surface area contributed by atoms with Gasteiger partial charge in [-0.1, -0.05) is 31.2 Å². The summed E-state index contributed by atoms with van der Waals surface area (Å²) in [5.74, 6) is -1.45. The van der Waals surface area contributed by atoms with Crippen LogP contribution in [-0.2, 0) is 28.0 Å². The van der Waals surface area contributed by atoms with Gasteiger partial charge >= 0.3 is 12.1 Å². The molecule has 0 bridgehead atoms. The summed E-state index contributed by atoms with van der Waals surface area (Å²) in [4.78, 5) is 37.8. The lowest BCUT2D eigenvalue weighted by atomic mass is 9.77. The number of rotatable bonds is 8. The molecular formula is C27H26F3N7O3. The maximum absolute atomic E-state index is 13.3. The van der Waals surface area contributed by atoms with Gasteiger partial charge in [-0.15, -0.1) is 0 Å². The highest BCUT2D eigenvalue weighted by atomic mass is 19.4. The van der Waals surface area contributed by atoms with Crippen molar-refractivity contribution in [2.45, 2.75) is 51.2 Å². The van der Waals surface area contributed by atoms with Gasteiger partial charge in [-0.25, -0.2) is 19.6 Å². The Morgan fingerprint density at radius 2 is 1.93 bits per heavy atom. The Balaban J connectivity index is 1.50. The second kappa shape index (κ2) is 9.88. The van der Waals surface area contributed by atoms with E-state index < -0.39 is 29.9 Å². The summed E-state index contributed by atoms with van der Waals surface area (Å²) >= 11 is 0. The number of aliphatic carboxylic acids is 1. The first kappa shape index (κ1) is 27.0. The molecule has 2 atom stereocenters. The summed E-state index contributed by atoms with van der Waals surface area (Å²) in [6.45, 7) is 3.32. The molecule has 0 saturated heterocycles. The molecule has 208 valence electrons. The zero-order valence-electron chi connectivity index (χ0n) is 21.7. The summed E-state index contributed by atoms with van der Waals surface area (Å²) in [7, 11) is 0. The number of hydrogen-bond acceptors (Lipinski definition) is 7. The highest BCUT2D eigenvalue weighted by Crippen LogP contribution is 2.45. The molecule has 0 radical (unpaired) electrons. The number of fused-ring (bicyclic) bond motifs is 2. The summed E-state index contributed by atoms with van der Waals surface area (Å²) in [6, 6.07) is 10.5. The first-order valence-corrected chi connectivity index (χ1v) is 12.6. The van der Waals surface area contributed by atoms with Crippen molar-refractivity contribution < 1.29 is 27.9 Å². The highest BCUT2D eigenvalue weighted by Gasteiger charge is 2.47. The summed E-state index contributed by atoms with van der Waals surface area (Å²) in [5, 5.41) is 17.0. The number of nitrogens with two attached hydrogens (primary N) is 1. The maximum Gasteiger partial charge on any atom is 0.389 e. The third-order valence-corrected chi connectivity index (χ3v) is 7.17. The average Bonchev–Trinajstić information content (AvgIpc) is 3.39. The van der Waals surface area contributed by atoms with Crippen LogP contribution in [0.5, 0.6) is 0 Å². The number of halogens is 3. The molecule has 4 heterocycles.